The van der Waals surface area contributed by atoms with Crippen molar-refractivity contribution in [2.24, 2.45) is 16.6 Å². The lowest BCUT2D eigenvalue weighted by atomic mass is 10.0. The summed E-state index contributed by atoms with van der Waals surface area (Å²) in [5.74, 6) is -0.788. The summed E-state index contributed by atoms with van der Waals surface area (Å²) in [6.45, 7) is 4.28. The third-order valence-electron chi connectivity index (χ3n) is 4.57. The summed E-state index contributed by atoms with van der Waals surface area (Å²) in [7, 11) is 0. The van der Waals surface area contributed by atoms with Crippen molar-refractivity contribution in [2.75, 3.05) is 6.61 Å². The predicted molar refractivity (Wildman–Crippen MR) is 130 cm³/mol. The number of halogens is 2. The molecule has 32 heavy (non-hydrogen) atoms. The second kappa shape index (κ2) is 9.27. The van der Waals surface area contributed by atoms with Gasteiger partial charge in [-0.25, -0.2) is 9.79 Å². The molecule has 2 heterocycles. The van der Waals surface area contributed by atoms with Gasteiger partial charge in [-0.2, -0.15) is 0 Å². The normalized spacial score (nSPS) is 12.6. The number of carbonyl (C=O) groups is 2. The molecule has 0 atom stereocenters. The van der Waals surface area contributed by atoms with E-state index in [-0.39, 0.29) is 11.5 Å². The standard InChI is InChI=1S/C23H18Cl2N2O3S2/c1-11(2)10-30-23(29)12-3-4-16-15(7-12)27-21(17-5-6-19(25)32-17)20-14(22(26)28)8-13(24)9-18(20)31-16/h3-9,11H,10H2,1-2H3,(H2,26,28). The molecule has 0 radical (unpaired) electrons. The molecular formula is C23H18Cl2N2O3S2. The summed E-state index contributed by atoms with van der Waals surface area (Å²) >= 11 is 15.2. The van der Waals surface area contributed by atoms with Gasteiger partial charge in [0.1, 0.15) is 0 Å². The molecule has 0 aliphatic carbocycles. The Morgan fingerprint density at radius 1 is 1.09 bits per heavy atom. The number of thiophene rings is 1. The van der Waals surface area contributed by atoms with E-state index < -0.39 is 11.9 Å². The summed E-state index contributed by atoms with van der Waals surface area (Å²) < 4.78 is 5.95. The molecule has 1 aliphatic rings. The molecule has 164 valence electrons. The van der Waals surface area contributed by atoms with Crippen molar-refractivity contribution >= 4 is 69.6 Å². The van der Waals surface area contributed by atoms with E-state index in [1.54, 1.807) is 30.3 Å². The molecule has 2 N–H and O–H groups in total. The van der Waals surface area contributed by atoms with E-state index in [0.29, 0.717) is 38.5 Å². The van der Waals surface area contributed by atoms with Gasteiger partial charge in [-0.1, -0.05) is 48.8 Å². The van der Waals surface area contributed by atoms with Gasteiger partial charge >= 0.3 is 5.97 Å². The number of nitrogens with two attached hydrogens (primary N) is 1. The number of aliphatic imine (C=N–C) groups is 1. The highest BCUT2D eigenvalue weighted by molar-refractivity contribution is 7.99. The Labute approximate surface area is 203 Å². The van der Waals surface area contributed by atoms with Crippen molar-refractivity contribution in [2.45, 2.75) is 23.6 Å². The topological polar surface area (TPSA) is 81.8 Å². The highest BCUT2D eigenvalue weighted by Gasteiger charge is 2.26. The second-order valence-electron chi connectivity index (χ2n) is 7.53. The van der Waals surface area contributed by atoms with E-state index in [4.69, 9.17) is 38.7 Å². The molecule has 1 aromatic heterocycles. The van der Waals surface area contributed by atoms with Crippen LogP contribution >= 0.6 is 46.3 Å². The van der Waals surface area contributed by atoms with Crippen molar-refractivity contribution in [3.8, 4) is 0 Å². The number of carbonyl (C=O) groups excluding carboxylic acids is 2. The highest BCUT2D eigenvalue weighted by Crippen LogP contribution is 2.44. The van der Waals surface area contributed by atoms with Crippen LogP contribution in [-0.4, -0.2) is 24.2 Å². The maximum absolute atomic E-state index is 12.5. The van der Waals surface area contributed by atoms with Gasteiger partial charge < -0.3 is 10.5 Å². The molecule has 1 amide bonds. The minimum atomic E-state index is -0.608. The van der Waals surface area contributed by atoms with Crippen molar-refractivity contribution in [1.82, 2.24) is 0 Å². The smallest absolute Gasteiger partial charge is 0.338 e. The molecule has 0 saturated heterocycles. The summed E-state index contributed by atoms with van der Waals surface area (Å²) in [5, 5.41) is 0.394. The van der Waals surface area contributed by atoms with E-state index in [1.807, 2.05) is 26.0 Å². The molecule has 0 saturated carbocycles. The third kappa shape index (κ3) is 4.71. The number of hydrogen-bond acceptors (Lipinski definition) is 6. The average Bonchev–Trinajstić information content (AvgIpc) is 3.09. The van der Waals surface area contributed by atoms with Crippen LogP contribution in [-0.2, 0) is 4.74 Å². The minimum absolute atomic E-state index is 0.231. The van der Waals surface area contributed by atoms with E-state index in [2.05, 4.69) is 0 Å². The van der Waals surface area contributed by atoms with Crippen LogP contribution in [0.1, 0.15) is 45.0 Å². The SMILES string of the molecule is CC(C)COC(=O)c1ccc2c(c1)N=C(c1ccc(Cl)s1)c1c(cc(Cl)cc1C(N)=O)S2. The Hall–Kier alpha value is -2.32. The monoisotopic (exact) mass is 504 g/mol. The van der Waals surface area contributed by atoms with E-state index in [9.17, 15) is 9.59 Å². The van der Waals surface area contributed by atoms with Crippen LogP contribution in [0.4, 0.5) is 5.69 Å². The molecule has 4 rings (SSSR count). The number of hydrogen-bond donors (Lipinski definition) is 1. The first-order valence-corrected chi connectivity index (χ1v) is 12.1. The molecule has 1 aliphatic heterocycles. The first-order valence-electron chi connectivity index (χ1n) is 9.70. The van der Waals surface area contributed by atoms with Crippen molar-refractivity contribution in [1.29, 1.82) is 0 Å². The average molecular weight is 505 g/mol. The van der Waals surface area contributed by atoms with E-state index in [0.717, 1.165) is 14.7 Å². The molecule has 0 fully saturated rings. The van der Waals surface area contributed by atoms with Gasteiger partial charge in [-0.15, -0.1) is 11.3 Å². The van der Waals surface area contributed by atoms with Crippen molar-refractivity contribution in [3.05, 3.63) is 73.4 Å². The Bertz CT molecular complexity index is 1270. The van der Waals surface area contributed by atoms with Gasteiger partial charge in [0.05, 0.1) is 38.3 Å². The van der Waals surface area contributed by atoms with Crippen molar-refractivity contribution in [3.63, 3.8) is 0 Å². The third-order valence-corrected chi connectivity index (χ3v) is 7.13. The summed E-state index contributed by atoms with van der Waals surface area (Å²) in [4.78, 5) is 32.0. The Balaban J connectivity index is 1.90. The van der Waals surface area contributed by atoms with Crippen LogP contribution in [0.2, 0.25) is 9.36 Å². The van der Waals surface area contributed by atoms with Crippen LogP contribution in [0.25, 0.3) is 0 Å². The summed E-state index contributed by atoms with van der Waals surface area (Å²) in [5.41, 5.74) is 8.07. The van der Waals surface area contributed by atoms with Gasteiger partial charge in [0.2, 0.25) is 5.91 Å². The minimum Gasteiger partial charge on any atom is -0.462 e. The lowest BCUT2D eigenvalue weighted by Gasteiger charge is -2.12. The van der Waals surface area contributed by atoms with E-state index in [1.165, 1.54) is 23.1 Å². The number of rotatable bonds is 5. The zero-order valence-electron chi connectivity index (χ0n) is 17.1. The number of nitrogens with zero attached hydrogens (tertiary/aromatic N) is 1. The number of amides is 1. The second-order valence-corrected chi connectivity index (χ2v) is 10.8. The molecule has 9 heteroatoms. The number of fused-ring (bicyclic) bond motifs is 2. The number of primary amides is 1. The number of benzene rings is 2. The first kappa shape index (κ1) is 22.9. The lowest BCUT2D eigenvalue weighted by Crippen LogP contribution is -2.17. The van der Waals surface area contributed by atoms with Crippen molar-refractivity contribution < 1.29 is 14.3 Å². The largest absolute Gasteiger partial charge is 0.462 e. The summed E-state index contributed by atoms with van der Waals surface area (Å²) in [6.07, 6.45) is 0. The van der Waals surface area contributed by atoms with Gasteiger partial charge in [-0.3, -0.25) is 4.79 Å². The molecule has 0 spiro atoms. The summed E-state index contributed by atoms with van der Waals surface area (Å²) in [6, 6.07) is 12.1. The van der Waals surface area contributed by atoms with Gasteiger partial charge in [-0.05, 0) is 48.4 Å². The van der Waals surface area contributed by atoms with E-state index >= 15 is 0 Å². The molecule has 0 unspecified atom stereocenters. The maximum atomic E-state index is 12.5. The lowest BCUT2D eigenvalue weighted by molar-refractivity contribution is 0.0459. The Kier molecular flexibility index (Phi) is 6.62. The molecule has 2 aromatic carbocycles. The highest BCUT2D eigenvalue weighted by atomic mass is 35.5. The van der Waals surface area contributed by atoms with Crippen LogP contribution in [0.5, 0.6) is 0 Å². The van der Waals surface area contributed by atoms with Gasteiger partial charge in [0, 0.05) is 20.4 Å². The molecule has 5 nitrogen and oxygen atoms in total. The quantitative estimate of drug-likeness (QED) is 0.310. The van der Waals surface area contributed by atoms with Gasteiger partial charge in [0.15, 0.2) is 0 Å². The zero-order valence-corrected chi connectivity index (χ0v) is 20.3. The maximum Gasteiger partial charge on any atom is 0.338 e. The van der Waals surface area contributed by atoms with Crippen LogP contribution in [0.15, 0.2) is 57.2 Å². The fourth-order valence-electron chi connectivity index (χ4n) is 3.16. The molecule has 3 aromatic rings. The van der Waals surface area contributed by atoms with Crippen LogP contribution < -0.4 is 5.73 Å². The Morgan fingerprint density at radius 3 is 2.53 bits per heavy atom. The number of esters is 1. The molecular weight excluding hydrogens is 487 g/mol. The number of ether oxygens (including phenoxy) is 1. The Morgan fingerprint density at radius 2 is 1.88 bits per heavy atom. The first-order chi connectivity index (χ1) is 15.2. The van der Waals surface area contributed by atoms with Gasteiger partial charge in [0.25, 0.3) is 0 Å². The zero-order chi connectivity index (χ0) is 23.0. The fourth-order valence-corrected chi connectivity index (χ4v) is 5.56. The van der Waals surface area contributed by atoms with Crippen LogP contribution in [0.3, 0.4) is 0 Å². The molecule has 0 bridgehead atoms. The predicted octanol–water partition coefficient (Wildman–Crippen LogP) is 6.60. The van der Waals surface area contributed by atoms with Crippen LogP contribution in [0, 0.1) is 5.92 Å². The fraction of sp³-hybridized carbons (Fsp3) is 0.174.